The molecule has 6 nitrogen and oxygen atoms in total. The molecule has 0 bridgehead atoms. The Balaban J connectivity index is 0.000000448. The molecule has 0 unspecified atom stereocenters. The molecule has 2 aromatic rings. The van der Waals surface area contributed by atoms with Crippen LogP contribution in [-0.2, 0) is 17.6 Å². The molecule has 31 heavy (non-hydrogen) atoms. The van der Waals surface area contributed by atoms with Gasteiger partial charge in [-0.3, -0.25) is 9.59 Å². The number of aryl methyl sites for hydroxylation is 1. The van der Waals surface area contributed by atoms with Crippen LogP contribution in [0.1, 0.15) is 60.5 Å². The van der Waals surface area contributed by atoms with Gasteiger partial charge in [0.15, 0.2) is 0 Å². The molecule has 0 fully saturated rings. The Morgan fingerprint density at radius 1 is 0.903 bits per heavy atom. The number of carboxylic acid groups (broad SMARTS) is 1. The third-order valence-corrected chi connectivity index (χ3v) is 4.50. The number of carboxylic acids is 1. The summed E-state index contributed by atoms with van der Waals surface area (Å²) < 4.78 is 0. The van der Waals surface area contributed by atoms with Crippen molar-refractivity contribution in [3.8, 4) is 0 Å². The topological polar surface area (TPSA) is 132 Å². The van der Waals surface area contributed by atoms with Crippen molar-refractivity contribution in [1.82, 2.24) is 0 Å². The van der Waals surface area contributed by atoms with Gasteiger partial charge in [0, 0.05) is 5.56 Å². The lowest BCUT2D eigenvalue weighted by molar-refractivity contribution is -0.138. The number of hydrogen-bond acceptors (Lipinski definition) is 5. The lowest BCUT2D eigenvalue weighted by Gasteiger charge is -2.02. The predicted octanol–water partition coefficient (Wildman–Crippen LogP) is 3.56. The smallest absolute Gasteiger partial charge is 0.320 e. The molecular weight excluding hydrogens is 390 g/mol. The van der Waals surface area contributed by atoms with E-state index in [9.17, 15) is 9.59 Å². The quantitative estimate of drug-likeness (QED) is 0.319. The average Bonchev–Trinajstić information content (AvgIpc) is 2.80. The second kappa shape index (κ2) is 19.4. The van der Waals surface area contributed by atoms with E-state index in [-0.39, 0.29) is 0 Å². The monoisotopic (exact) mass is 429 g/mol. The van der Waals surface area contributed by atoms with E-state index in [1.54, 1.807) is 0 Å². The first-order valence-electron chi connectivity index (χ1n) is 10.9. The molecule has 0 saturated carbocycles. The molecule has 172 valence electrons. The first kappa shape index (κ1) is 28.5. The van der Waals surface area contributed by atoms with Crippen molar-refractivity contribution in [2.24, 2.45) is 17.2 Å². The number of aliphatic carboxylic acids is 1. The summed E-state index contributed by atoms with van der Waals surface area (Å²) in [6, 6.07) is 17.4. The van der Waals surface area contributed by atoms with Crippen molar-refractivity contribution in [2.75, 3.05) is 13.1 Å². The third-order valence-electron chi connectivity index (χ3n) is 4.50. The molecule has 0 aliphatic rings. The van der Waals surface area contributed by atoms with Crippen molar-refractivity contribution >= 4 is 12.3 Å². The van der Waals surface area contributed by atoms with Crippen LogP contribution in [0.3, 0.4) is 0 Å². The molecule has 0 radical (unpaired) electrons. The highest BCUT2D eigenvalue weighted by atomic mass is 16.4. The fourth-order valence-electron chi connectivity index (χ4n) is 2.61. The second-order valence-electron chi connectivity index (χ2n) is 7.22. The van der Waals surface area contributed by atoms with E-state index in [1.165, 1.54) is 30.4 Å². The molecule has 0 aliphatic carbocycles. The van der Waals surface area contributed by atoms with Crippen LogP contribution in [0, 0.1) is 0 Å². The highest BCUT2D eigenvalue weighted by Crippen LogP contribution is 2.07. The summed E-state index contributed by atoms with van der Waals surface area (Å²) in [6.07, 6.45) is 7.93. The Bertz CT molecular complexity index is 691. The van der Waals surface area contributed by atoms with Crippen LogP contribution in [0.4, 0.5) is 0 Å². The standard InChI is InChI=1S/C12H16O.C8H11N.C5H12N2O2/c1-2-3-4-5-11-6-8-12(10-13)9-7-11;9-7-6-8-4-2-1-3-5-8;6-3-1-2-4(7)5(8)9/h6-10H,2-5H2,1H3;1-5H,6-7,9H2;4H,1-3,6-7H2,(H,8,9)/t;;4-/m..0/s1. The van der Waals surface area contributed by atoms with Crippen molar-refractivity contribution < 1.29 is 14.7 Å². The van der Waals surface area contributed by atoms with E-state index in [4.69, 9.17) is 22.3 Å². The molecule has 0 aliphatic heterocycles. The van der Waals surface area contributed by atoms with Crippen LogP contribution >= 0.6 is 0 Å². The Morgan fingerprint density at radius 2 is 1.52 bits per heavy atom. The van der Waals surface area contributed by atoms with Gasteiger partial charge in [0.25, 0.3) is 0 Å². The van der Waals surface area contributed by atoms with Crippen molar-refractivity contribution in [3.05, 3.63) is 71.3 Å². The Hall–Kier alpha value is -2.54. The van der Waals surface area contributed by atoms with E-state index < -0.39 is 12.0 Å². The van der Waals surface area contributed by atoms with E-state index >= 15 is 0 Å². The summed E-state index contributed by atoms with van der Waals surface area (Å²) in [7, 11) is 0. The van der Waals surface area contributed by atoms with E-state index in [1.807, 2.05) is 42.5 Å². The van der Waals surface area contributed by atoms with Gasteiger partial charge in [-0.05, 0) is 56.3 Å². The molecule has 0 aromatic heterocycles. The van der Waals surface area contributed by atoms with Gasteiger partial charge in [-0.1, -0.05) is 74.4 Å². The van der Waals surface area contributed by atoms with Gasteiger partial charge in [0.2, 0.25) is 0 Å². The molecule has 0 amide bonds. The fraction of sp³-hybridized carbons (Fsp3) is 0.440. The zero-order valence-corrected chi connectivity index (χ0v) is 18.7. The largest absolute Gasteiger partial charge is 0.480 e. The maximum absolute atomic E-state index is 10.4. The molecule has 6 heteroatoms. The molecule has 1 atom stereocenters. The molecule has 0 saturated heterocycles. The first-order chi connectivity index (χ1) is 15.0. The minimum Gasteiger partial charge on any atom is -0.480 e. The van der Waals surface area contributed by atoms with Gasteiger partial charge in [-0.2, -0.15) is 0 Å². The minimum atomic E-state index is -0.955. The highest BCUT2D eigenvalue weighted by Gasteiger charge is 2.08. The van der Waals surface area contributed by atoms with E-state index in [2.05, 4.69) is 19.1 Å². The SMILES string of the molecule is CCCCCc1ccc(C=O)cc1.NCCC[C@H](N)C(=O)O.NCCc1ccccc1. The maximum atomic E-state index is 10.4. The summed E-state index contributed by atoms with van der Waals surface area (Å²) in [4.78, 5) is 20.4. The van der Waals surface area contributed by atoms with Crippen LogP contribution in [-0.4, -0.2) is 36.5 Å². The normalized spacial score (nSPS) is 10.7. The summed E-state index contributed by atoms with van der Waals surface area (Å²) in [5, 5.41) is 8.24. The second-order valence-corrected chi connectivity index (χ2v) is 7.22. The number of carbonyl (C=O) groups excluding carboxylic acids is 1. The maximum Gasteiger partial charge on any atom is 0.320 e. The molecule has 0 heterocycles. The van der Waals surface area contributed by atoms with Crippen LogP contribution in [0.25, 0.3) is 0 Å². The van der Waals surface area contributed by atoms with Crippen molar-refractivity contribution in [1.29, 1.82) is 0 Å². The van der Waals surface area contributed by atoms with E-state index in [0.717, 1.165) is 31.2 Å². The van der Waals surface area contributed by atoms with Crippen LogP contribution < -0.4 is 17.2 Å². The molecule has 2 aromatic carbocycles. The number of benzene rings is 2. The lowest BCUT2D eigenvalue weighted by Crippen LogP contribution is -2.30. The summed E-state index contributed by atoms with van der Waals surface area (Å²) >= 11 is 0. The number of nitrogens with two attached hydrogens (primary N) is 3. The fourth-order valence-corrected chi connectivity index (χ4v) is 2.61. The number of hydrogen-bond donors (Lipinski definition) is 4. The summed E-state index contributed by atoms with van der Waals surface area (Å²) in [5.74, 6) is -0.955. The van der Waals surface area contributed by atoms with Crippen molar-refractivity contribution in [3.63, 3.8) is 0 Å². The van der Waals surface area contributed by atoms with Gasteiger partial charge in [-0.25, -0.2) is 0 Å². The highest BCUT2D eigenvalue weighted by molar-refractivity contribution is 5.74. The molecule has 2 rings (SSSR count). The minimum absolute atomic E-state index is 0.464. The zero-order chi connectivity index (χ0) is 23.3. The van der Waals surface area contributed by atoms with Crippen LogP contribution in [0.5, 0.6) is 0 Å². The first-order valence-corrected chi connectivity index (χ1v) is 10.9. The van der Waals surface area contributed by atoms with E-state index in [0.29, 0.717) is 19.4 Å². The Morgan fingerprint density at radius 3 is 2.00 bits per heavy atom. The molecule has 0 spiro atoms. The van der Waals surface area contributed by atoms with Gasteiger partial charge in [0.1, 0.15) is 12.3 Å². The predicted molar refractivity (Wildman–Crippen MR) is 128 cm³/mol. The third kappa shape index (κ3) is 15.9. The Kier molecular flexibility index (Phi) is 17.8. The number of carbonyl (C=O) groups is 2. The summed E-state index contributed by atoms with van der Waals surface area (Å²) in [6.45, 7) is 3.44. The lowest BCUT2D eigenvalue weighted by atomic mass is 10.1. The van der Waals surface area contributed by atoms with Gasteiger partial charge in [0.05, 0.1) is 0 Å². The Labute approximate surface area is 186 Å². The number of rotatable bonds is 11. The zero-order valence-electron chi connectivity index (χ0n) is 18.7. The number of aldehydes is 1. The van der Waals surface area contributed by atoms with Gasteiger partial charge in [-0.15, -0.1) is 0 Å². The number of unbranched alkanes of at least 4 members (excludes halogenated alkanes) is 2. The van der Waals surface area contributed by atoms with Crippen LogP contribution in [0.15, 0.2) is 54.6 Å². The average molecular weight is 430 g/mol. The van der Waals surface area contributed by atoms with Gasteiger partial charge < -0.3 is 22.3 Å². The van der Waals surface area contributed by atoms with Gasteiger partial charge >= 0.3 is 5.97 Å². The summed E-state index contributed by atoms with van der Waals surface area (Å²) in [5.41, 5.74) is 19.1. The molecular formula is C25H39N3O3. The van der Waals surface area contributed by atoms with Crippen molar-refractivity contribution in [2.45, 2.75) is 57.9 Å². The van der Waals surface area contributed by atoms with Crippen LogP contribution in [0.2, 0.25) is 0 Å². The molecule has 7 N–H and O–H groups in total.